The van der Waals surface area contributed by atoms with Crippen LogP contribution in [0.3, 0.4) is 0 Å². The summed E-state index contributed by atoms with van der Waals surface area (Å²) in [5.74, 6) is -0.424. The van der Waals surface area contributed by atoms with Crippen LogP contribution in [0.15, 0.2) is 18.2 Å². The van der Waals surface area contributed by atoms with Gasteiger partial charge in [0.25, 0.3) is 0 Å². The molecule has 0 radical (unpaired) electrons. The van der Waals surface area contributed by atoms with Crippen LogP contribution in [-0.4, -0.2) is 30.8 Å². The molecule has 0 aromatic heterocycles. The summed E-state index contributed by atoms with van der Waals surface area (Å²) in [6, 6.07) is 5.33. The van der Waals surface area contributed by atoms with Gasteiger partial charge in [0, 0.05) is 13.1 Å². The first-order chi connectivity index (χ1) is 8.74. The van der Waals surface area contributed by atoms with Gasteiger partial charge in [0.15, 0.2) is 5.75 Å². The van der Waals surface area contributed by atoms with Crippen molar-refractivity contribution < 1.29 is 14.6 Å². The number of hydrogen-bond acceptors (Lipinski definition) is 3. The molecular formula is C14H19NO3. The summed E-state index contributed by atoms with van der Waals surface area (Å²) in [5, 5.41) is 9.22. The Balaban J connectivity index is 2.38. The lowest BCUT2D eigenvalue weighted by atomic mass is 10.1. The Hall–Kier alpha value is -1.71. The molecule has 4 heteroatoms. The van der Waals surface area contributed by atoms with Crippen molar-refractivity contribution in [1.29, 1.82) is 0 Å². The third-order valence-electron chi connectivity index (χ3n) is 3.21. The van der Waals surface area contributed by atoms with Gasteiger partial charge >= 0.3 is 5.97 Å². The molecule has 1 aromatic rings. The maximum atomic E-state index is 11.2. The van der Waals surface area contributed by atoms with Gasteiger partial charge in [-0.1, -0.05) is 6.07 Å². The van der Waals surface area contributed by atoms with Crippen LogP contribution < -0.4 is 9.64 Å². The minimum Gasteiger partial charge on any atom is -0.491 e. The Kier molecular flexibility index (Phi) is 4.07. The first-order valence-corrected chi connectivity index (χ1v) is 6.48. The second kappa shape index (κ2) is 5.76. The summed E-state index contributed by atoms with van der Waals surface area (Å²) in [7, 11) is 0. The summed E-state index contributed by atoms with van der Waals surface area (Å²) >= 11 is 0. The molecule has 0 aliphatic carbocycles. The fourth-order valence-corrected chi connectivity index (χ4v) is 2.37. The molecule has 1 aromatic carbocycles. The van der Waals surface area contributed by atoms with E-state index in [9.17, 15) is 9.90 Å². The highest BCUT2D eigenvalue weighted by molar-refractivity contribution is 5.93. The standard InChI is InChI=1S/C14H19NO3/c1-2-18-13-11(14(16)17)7-6-8-12(13)15-9-4-3-5-10-15/h6-8H,2-5,9-10H2,1H3,(H,16,17). The van der Waals surface area contributed by atoms with Gasteiger partial charge in [0.1, 0.15) is 5.56 Å². The number of carboxylic acid groups (broad SMARTS) is 1. The van der Waals surface area contributed by atoms with Crippen molar-refractivity contribution in [1.82, 2.24) is 0 Å². The number of anilines is 1. The van der Waals surface area contributed by atoms with Crippen LogP contribution in [0.25, 0.3) is 0 Å². The Morgan fingerprint density at radius 3 is 2.67 bits per heavy atom. The molecule has 1 fully saturated rings. The highest BCUT2D eigenvalue weighted by atomic mass is 16.5. The van der Waals surface area contributed by atoms with E-state index in [2.05, 4.69) is 4.90 Å². The first-order valence-electron chi connectivity index (χ1n) is 6.48. The van der Waals surface area contributed by atoms with Crippen molar-refractivity contribution in [2.24, 2.45) is 0 Å². The second-order valence-corrected chi connectivity index (χ2v) is 4.44. The quantitative estimate of drug-likeness (QED) is 0.891. The number of rotatable bonds is 4. The van der Waals surface area contributed by atoms with Gasteiger partial charge in [-0.25, -0.2) is 4.79 Å². The summed E-state index contributed by atoms with van der Waals surface area (Å²) < 4.78 is 5.56. The fourth-order valence-electron chi connectivity index (χ4n) is 2.37. The van der Waals surface area contributed by atoms with Crippen molar-refractivity contribution in [2.75, 3.05) is 24.6 Å². The van der Waals surface area contributed by atoms with E-state index in [1.165, 1.54) is 6.42 Å². The van der Waals surface area contributed by atoms with Crippen molar-refractivity contribution in [3.05, 3.63) is 23.8 Å². The van der Waals surface area contributed by atoms with Crippen LogP contribution in [0.5, 0.6) is 5.75 Å². The van der Waals surface area contributed by atoms with E-state index >= 15 is 0 Å². The lowest BCUT2D eigenvalue weighted by Gasteiger charge is -2.30. The van der Waals surface area contributed by atoms with E-state index in [4.69, 9.17) is 4.74 Å². The van der Waals surface area contributed by atoms with Crippen LogP contribution in [0.4, 0.5) is 5.69 Å². The molecule has 18 heavy (non-hydrogen) atoms. The van der Waals surface area contributed by atoms with Crippen LogP contribution in [0.2, 0.25) is 0 Å². The highest BCUT2D eigenvalue weighted by Gasteiger charge is 2.20. The van der Waals surface area contributed by atoms with Gasteiger partial charge in [-0.3, -0.25) is 0 Å². The number of carboxylic acids is 1. The monoisotopic (exact) mass is 249 g/mol. The minimum atomic E-state index is -0.933. The van der Waals surface area contributed by atoms with Crippen molar-refractivity contribution in [3.8, 4) is 5.75 Å². The maximum absolute atomic E-state index is 11.2. The molecule has 4 nitrogen and oxygen atoms in total. The fraction of sp³-hybridized carbons (Fsp3) is 0.500. The zero-order chi connectivity index (χ0) is 13.0. The predicted octanol–water partition coefficient (Wildman–Crippen LogP) is 2.77. The van der Waals surface area contributed by atoms with Crippen LogP contribution in [0.1, 0.15) is 36.5 Å². The third-order valence-corrected chi connectivity index (χ3v) is 3.21. The number of nitrogens with zero attached hydrogens (tertiary/aromatic N) is 1. The molecule has 0 spiro atoms. The SMILES string of the molecule is CCOc1c(C(=O)O)cccc1N1CCCCC1. The molecule has 1 saturated heterocycles. The van der Waals surface area contributed by atoms with E-state index in [1.54, 1.807) is 12.1 Å². The number of aromatic carboxylic acids is 1. The molecule has 0 saturated carbocycles. The van der Waals surface area contributed by atoms with Crippen LogP contribution >= 0.6 is 0 Å². The molecule has 0 unspecified atom stereocenters. The molecule has 0 amide bonds. The minimum absolute atomic E-state index is 0.250. The Morgan fingerprint density at radius 2 is 2.06 bits per heavy atom. The lowest BCUT2D eigenvalue weighted by molar-refractivity contribution is 0.0692. The van der Waals surface area contributed by atoms with E-state index in [-0.39, 0.29) is 5.56 Å². The Morgan fingerprint density at radius 1 is 1.33 bits per heavy atom. The molecule has 0 atom stereocenters. The predicted molar refractivity (Wildman–Crippen MR) is 70.6 cm³/mol. The maximum Gasteiger partial charge on any atom is 0.339 e. The van der Waals surface area contributed by atoms with Crippen molar-refractivity contribution in [3.63, 3.8) is 0 Å². The van der Waals surface area contributed by atoms with Gasteiger partial charge in [-0.05, 0) is 38.3 Å². The van der Waals surface area contributed by atoms with Gasteiger partial charge in [0.05, 0.1) is 12.3 Å². The topological polar surface area (TPSA) is 49.8 Å². The lowest BCUT2D eigenvalue weighted by Crippen LogP contribution is -2.30. The molecule has 1 aliphatic rings. The number of benzene rings is 1. The van der Waals surface area contributed by atoms with E-state index < -0.39 is 5.97 Å². The summed E-state index contributed by atoms with van der Waals surface area (Å²) in [6.45, 7) is 4.30. The zero-order valence-electron chi connectivity index (χ0n) is 10.7. The first kappa shape index (κ1) is 12.7. The van der Waals surface area contributed by atoms with Crippen molar-refractivity contribution in [2.45, 2.75) is 26.2 Å². The second-order valence-electron chi connectivity index (χ2n) is 4.44. The Bertz CT molecular complexity index is 425. The van der Waals surface area contributed by atoms with E-state index in [0.29, 0.717) is 12.4 Å². The summed E-state index contributed by atoms with van der Waals surface area (Å²) in [4.78, 5) is 13.5. The average Bonchev–Trinajstić information content (AvgIpc) is 2.40. The number of carbonyl (C=O) groups is 1. The van der Waals surface area contributed by atoms with Gasteiger partial charge in [0.2, 0.25) is 0 Å². The normalized spacial score (nSPS) is 15.5. The third kappa shape index (κ3) is 2.58. The number of piperidine rings is 1. The summed E-state index contributed by atoms with van der Waals surface area (Å²) in [5.41, 5.74) is 1.16. The molecule has 1 N–H and O–H groups in total. The molecular weight excluding hydrogens is 230 g/mol. The molecule has 0 bridgehead atoms. The number of ether oxygens (including phenoxy) is 1. The van der Waals surface area contributed by atoms with Gasteiger partial charge in [-0.15, -0.1) is 0 Å². The molecule has 98 valence electrons. The van der Waals surface area contributed by atoms with Crippen LogP contribution in [0, 0.1) is 0 Å². The van der Waals surface area contributed by atoms with Crippen molar-refractivity contribution >= 4 is 11.7 Å². The average molecular weight is 249 g/mol. The number of para-hydroxylation sites is 1. The highest BCUT2D eigenvalue weighted by Crippen LogP contribution is 2.33. The van der Waals surface area contributed by atoms with Crippen LogP contribution in [-0.2, 0) is 0 Å². The number of hydrogen-bond donors (Lipinski definition) is 1. The van der Waals surface area contributed by atoms with E-state index in [0.717, 1.165) is 31.6 Å². The van der Waals surface area contributed by atoms with Gasteiger partial charge < -0.3 is 14.7 Å². The molecule has 1 heterocycles. The van der Waals surface area contributed by atoms with Gasteiger partial charge in [-0.2, -0.15) is 0 Å². The summed E-state index contributed by atoms with van der Waals surface area (Å²) in [6.07, 6.45) is 3.56. The molecule has 2 rings (SSSR count). The smallest absolute Gasteiger partial charge is 0.339 e. The zero-order valence-corrected chi connectivity index (χ0v) is 10.7. The van der Waals surface area contributed by atoms with E-state index in [1.807, 2.05) is 13.0 Å². The molecule has 1 aliphatic heterocycles. The Labute approximate surface area is 107 Å². The largest absolute Gasteiger partial charge is 0.491 e.